The van der Waals surface area contributed by atoms with Crippen LogP contribution >= 0.6 is 15.8 Å². The Bertz CT molecular complexity index is 987. The topological polar surface area (TPSA) is 0 Å². The summed E-state index contributed by atoms with van der Waals surface area (Å²) in [6, 6.07) is 26.3. The highest BCUT2D eigenvalue weighted by molar-refractivity contribution is 7.73. The van der Waals surface area contributed by atoms with Crippen molar-refractivity contribution in [2.75, 3.05) is 12.3 Å². The second-order valence-corrected chi connectivity index (χ2v) is 12.6. The minimum absolute atomic E-state index is 0.276. The Labute approximate surface area is 200 Å². The molecule has 4 aromatic carbocycles. The van der Waals surface area contributed by atoms with E-state index in [0.29, 0.717) is 0 Å². The fraction of sp³-hybridized carbons (Fsp3) is 0.143. The summed E-state index contributed by atoms with van der Waals surface area (Å²) in [7, 11) is -1.50. The maximum absolute atomic E-state index is 13.5. The van der Waals surface area contributed by atoms with Crippen LogP contribution in [0.25, 0.3) is 0 Å². The van der Waals surface area contributed by atoms with Crippen LogP contribution in [0.15, 0.2) is 97.1 Å². The van der Waals surface area contributed by atoms with Crippen LogP contribution in [-0.4, -0.2) is 12.3 Å². The molecule has 0 amide bonds. The van der Waals surface area contributed by atoms with Gasteiger partial charge in [0.05, 0.1) is 0 Å². The molecule has 0 nitrogen and oxygen atoms in total. The molecular formula is C28H24F4P2. The third kappa shape index (κ3) is 6.53. The minimum Gasteiger partial charge on any atom is -0.207 e. The highest BCUT2D eigenvalue weighted by atomic mass is 31.1. The van der Waals surface area contributed by atoms with Crippen molar-refractivity contribution >= 4 is 37.1 Å². The van der Waals surface area contributed by atoms with Gasteiger partial charge in [0.1, 0.15) is 23.3 Å². The molecule has 0 heterocycles. The summed E-state index contributed by atoms with van der Waals surface area (Å²) < 4.78 is 53.9. The smallest absolute Gasteiger partial charge is 0.123 e. The van der Waals surface area contributed by atoms with Gasteiger partial charge in [-0.1, -0.05) is 48.5 Å². The predicted octanol–water partition coefficient (Wildman–Crippen LogP) is 6.59. The summed E-state index contributed by atoms with van der Waals surface area (Å²) in [5.41, 5.74) is 0. The molecule has 0 atom stereocenters. The molecule has 0 saturated carbocycles. The molecule has 0 N–H and O–H groups in total. The SMILES string of the molecule is Fc1ccc(P(CCCCP(c2ccc(F)cc2)c2ccc(F)cc2)c2ccc(F)cc2)cc1. The molecule has 4 aromatic rings. The Morgan fingerprint density at radius 2 is 0.559 bits per heavy atom. The molecule has 0 saturated heterocycles. The summed E-state index contributed by atoms with van der Waals surface area (Å²) in [6.07, 6.45) is 3.65. The van der Waals surface area contributed by atoms with E-state index in [1.165, 1.54) is 48.5 Å². The fourth-order valence-corrected chi connectivity index (χ4v) is 8.58. The molecule has 6 heteroatoms. The summed E-state index contributed by atoms with van der Waals surface area (Å²) in [5, 5.41) is 4.23. The summed E-state index contributed by atoms with van der Waals surface area (Å²) >= 11 is 0. The number of halogens is 4. The maximum atomic E-state index is 13.5. The van der Waals surface area contributed by atoms with E-state index in [-0.39, 0.29) is 23.3 Å². The average molecular weight is 498 g/mol. The van der Waals surface area contributed by atoms with Gasteiger partial charge in [-0.2, -0.15) is 0 Å². The van der Waals surface area contributed by atoms with Gasteiger partial charge >= 0.3 is 0 Å². The maximum Gasteiger partial charge on any atom is 0.123 e. The number of hydrogen-bond donors (Lipinski definition) is 0. The van der Waals surface area contributed by atoms with Crippen LogP contribution < -0.4 is 21.2 Å². The van der Waals surface area contributed by atoms with E-state index in [9.17, 15) is 17.6 Å². The molecule has 0 aliphatic carbocycles. The van der Waals surface area contributed by atoms with Crippen LogP contribution in [0.5, 0.6) is 0 Å². The van der Waals surface area contributed by atoms with Crippen LogP contribution in [0.1, 0.15) is 12.8 Å². The van der Waals surface area contributed by atoms with E-state index in [4.69, 9.17) is 0 Å². The van der Waals surface area contributed by atoms with Gasteiger partial charge in [0.25, 0.3) is 0 Å². The van der Waals surface area contributed by atoms with Crippen molar-refractivity contribution in [2.24, 2.45) is 0 Å². The first-order valence-electron chi connectivity index (χ1n) is 11.1. The number of rotatable bonds is 9. The van der Waals surface area contributed by atoms with Crippen molar-refractivity contribution in [3.05, 3.63) is 120 Å². The van der Waals surface area contributed by atoms with Gasteiger partial charge in [0.2, 0.25) is 0 Å². The Morgan fingerprint density at radius 3 is 0.765 bits per heavy atom. The highest BCUT2D eigenvalue weighted by Crippen LogP contribution is 2.38. The van der Waals surface area contributed by atoms with Gasteiger partial charge in [0.15, 0.2) is 0 Å². The van der Waals surface area contributed by atoms with E-state index in [1.807, 2.05) is 48.5 Å². The molecule has 4 rings (SSSR count). The molecule has 34 heavy (non-hydrogen) atoms. The zero-order chi connectivity index (χ0) is 23.9. The monoisotopic (exact) mass is 498 g/mol. The molecule has 0 radical (unpaired) electrons. The lowest BCUT2D eigenvalue weighted by Crippen LogP contribution is -2.16. The Kier molecular flexibility index (Phi) is 8.48. The van der Waals surface area contributed by atoms with Crippen molar-refractivity contribution in [1.82, 2.24) is 0 Å². The Morgan fingerprint density at radius 1 is 0.353 bits per heavy atom. The van der Waals surface area contributed by atoms with E-state index in [0.717, 1.165) is 46.4 Å². The molecule has 174 valence electrons. The number of hydrogen-bond acceptors (Lipinski definition) is 0. The summed E-state index contributed by atoms with van der Waals surface area (Å²) in [4.78, 5) is 0. The quantitative estimate of drug-likeness (QED) is 0.139. The zero-order valence-corrected chi connectivity index (χ0v) is 20.3. The lowest BCUT2D eigenvalue weighted by Gasteiger charge is -2.21. The zero-order valence-electron chi connectivity index (χ0n) is 18.5. The van der Waals surface area contributed by atoms with Crippen molar-refractivity contribution < 1.29 is 17.6 Å². The van der Waals surface area contributed by atoms with Gasteiger partial charge in [-0.05, 0) is 111 Å². The minimum atomic E-state index is -0.749. The summed E-state index contributed by atoms with van der Waals surface area (Å²) in [6.45, 7) is 0. The van der Waals surface area contributed by atoms with Crippen molar-refractivity contribution in [3.63, 3.8) is 0 Å². The van der Waals surface area contributed by atoms with Gasteiger partial charge in [-0.15, -0.1) is 0 Å². The van der Waals surface area contributed by atoms with Gasteiger partial charge in [-0.25, -0.2) is 17.6 Å². The molecule has 0 bridgehead atoms. The molecule has 0 fully saturated rings. The molecule has 0 aromatic heterocycles. The van der Waals surface area contributed by atoms with Crippen molar-refractivity contribution in [3.8, 4) is 0 Å². The van der Waals surface area contributed by atoms with Crippen LogP contribution in [0.3, 0.4) is 0 Å². The standard InChI is InChI=1S/C28H24F4P2/c29-21-3-11-25(12-4-21)33(26-13-5-22(30)6-14-26)19-1-2-20-34(27-15-7-23(31)8-16-27)28-17-9-24(32)10-18-28/h3-18H,1-2,19-20H2. The van der Waals surface area contributed by atoms with Crippen LogP contribution in [0, 0.1) is 23.3 Å². The lowest BCUT2D eigenvalue weighted by molar-refractivity contribution is 0.627. The van der Waals surface area contributed by atoms with E-state index in [1.54, 1.807) is 0 Å². The Balaban J connectivity index is 1.48. The van der Waals surface area contributed by atoms with Gasteiger partial charge in [0, 0.05) is 0 Å². The third-order valence-corrected chi connectivity index (χ3v) is 10.8. The molecule has 0 aliphatic rings. The molecular weight excluding hydrogens is 474 g/mol. The van der Waals surface area contributed by atoms with E-state index in [2.05, 4.69) is 0 Å². The highest BCUT2D eigenvalue weighted by Gasteiger charge is 2.17. The van der Waals surface area contributed by atoms with E-state index >= 15 is 0 Å². The number of benzene rings is 4. The fourth-order valence-electron chi connectivity index (χ4n) is 3.84. The van der Waals surface area contributed by atoms with E-state index < -0.39 is 15.8 Å². The van der Waals surface area contributed by atoms with Gasteiger partial charge < -0.3 is 0 Å². The molecule has 0 aliphatic heterocycles. The average Bonchev–Trinajstić information content (AvgIpc) is 2.85. The normalized spacial score (nSPS) is 11.4. The predicted molar refractivity (Wildman–Crippen MR) is 137 cm³/mol. The molecule has 0 spiro atoms. The second-order valence-electron chi connectivity index (χ2n) is 7.92. The van der Waals surface area contributed by atoms with Crippen LogP contribution in [0.2, 0.25) is 0 Å². The second kappa shape index (κ2) is 11.7. The largest absolute Gasteiger partial charge is 0.207 e. The molecule has 0 unspecified atom stereocenters. The Hall–Kier alpha value is -2.54. The summed E-state index contributed by atoms with van der Waals surface area (Å²) in [5.74, 6) is -1.10. The van der Waals surface area contributed by atoms with Crippen molar-refractivity contribution in [1.29, 1.82) is 0 Å². The van der Waals surface area contributed by atoms with Crippen molar-refractivity contribution in [2.45, 2.75) is 12.8 Å². The van der Waals surface area contributed by atoms with Crippen LogP contribution in [0.4, 0.5) is 17.6 Å². The first-order chi connectivity index (χ1) is 16.5. The van der Waals surface area contributed by atoms with Crippen LogP contribution in [-0.2, 0) is 0 Å². The first kappa shape index (κ1) is 24.6. The lowest BCUT2D eigenvalue weighted by atomic mass is 10.3. The first-order valence-corrected chi connectivity index (χ1v) is 14.1. The number of unbranched alkanes of at least 4 members (excludes halogenated alkanes) is 1. The van der Waals surface area contributed by atoms with Gasteiger partial charge in [-0.3, -0.25) is 0 Å². The third-order valence-electron chi connectivity index (χ3n) is 5.57.